The summed E-state index contributed by atoms with van der Waals surface area (Å²) in [6.07, 6.45) is 1.38. The molecule has 3 nitrogen and oxygen atoms in total. The van der Waals surface area contributed by atoms with Gasteiger partial charge >= 0.3 is 0 Å². The second-order valence-corrected chi connectivity index (χ2v) is 3.22. The lowest BCUT2D eigenvalue weighted by molar-refractivity contribution is -0.255. The molecule has 0 atom stereocenters. The Kier molecular flexibility index (Phi) is 2.64. The molecule has 0 radical (unpaired) electrons. The molecule has 1 aromatic carbocycles. The summed E-state index contributed by atoms with van der Waals surface area (Å²) >= 11 is 0. The van der Waals surface area contributed by atoms with Gasteiger partial charge in [0.2, 0.25) is 0 Å². The van der Waals surface area contributed by atoms with Crippen LogP contribution in [-0.4, -0.2) is 11.0 Å². The number of rotatable bonds is 2. The first-order valence-electron chi connectivity index (χ1n) is 4.60. The van der Waals surface area contributed by atoms with E-state index in [1.165, 1.54) is 42.6 Å². The van der Waals surface area contributed by atoms with Crippen molar-refractivity contribution in [3.8, 4) is 11.3 Å². The Morgan fingerprint density at radius 2 is 1.88 bits per heavy atom. The number of halogens is 1. The first-order valence-corrected chi connectivity index (χ1v) is 4.60. The molecule has 0 fully saturated rings. The molecule has 0 amide bonds. The monoisotopic (exact) mass is 216 g/mol. The molecule has 1 aromatic heterocycles. The number of pyridine rings is 1. The summed E-state index contributed by atoms with van der Waals surface area (Å²) in [5.41, 5.74) is 1.18. The fourth-order valence-corrected chi connectivity index (χ4v) is 1.34. The van der Waals surface area contributed by atoms with Crippen molar-refractivity contribution < 1.29 is 14.3 Å². The van der Waals surface area contributed by atoms with Gasteiger partial charge in [0, 0.05) is 17.3 Å². The van der Waals surface area contributed by atoms with Gasteiger partial charge in [-0.2, -0.15) is 0 Å². The van der Waals surface area contributed by atoms with Crippen molar-refractivity contribution in [2.75, 3.05) is 0 Å². The minimum Gasteiger partial charge on any atom is -0.545 e. The molecule has 0 unspecified atom stereocenters. The lowest BCUT2D eigenvalue weighted by Crippen LogP contribution is -2.22. The summed E-state index contributed by atoms with van der Waals surface area (Å²) in [6, 6.07) is 8.41. The van der Waals surface area contributed by atoms with Crippen LogP contribution >= 0.6 is 0 Å². The fraction of sp³-hybridized carbons (Fsp3) is 0. The van der Waals surface area contributed by atoms with Gasteiger partial charge in [-0.1, -0.05) is 0 Å². The van der Waals surface area contributed by atoms with E-state index in [2.05, 4.69) is 4.98 Å². The number of hydrogen-bond donors (Lipinski definition) is 0. The average Bonchev–Trinajstić information content (AvgIpc) is 2.30. The maximum atomic E-state index is 12.7. The molecule has 2 rings (SSSR count). The Hall–Kier alpha value is -2.23. The Morgan fingerprint density at radius 1 is 1.19 bits per heavy atom. The first kappa shape index (κ1) is 10.3. The predicted octanol–water partition coefficient (Wildman–Crippen LogP) is 1.25. The van der Waals surface area contributed by atoms with Crippen molar-refractivity contribution in [1.29, 1.82) is 0 Å². The second kappa shape index (κ2) is 4.10. The number of benzene rings is 1. The van der Waals surface area contributed by atoms with Crippen LogP contribution in [0.2, 0.25) is 0 Å². The molecular formula is C12H7FNO2-. The minimum atomic E-state index is -1.26. The van der Waals surface area contributed by atoms with Crippen molar-refractivity contribution in [2.45, 2.75) is 0 Å². The van der Waals surface area contributed by atoms with Crippen LogP contribution in [0.5, 0.6) is 0 Å². The normalized spacial score (nSPS) is 10.1. The molecule has 4 heteroatoms. The maximum absolute atomic E-state index is 12.7. The topological polar surface area (TPSA) is 53.0 Å². The molecule has 0 aliphatic rings. The molecule has 0 spiro atoms. The molecule has 16 heavy (non-hydrogen) atoms. The van der Waals surface area contributed by atoms with Crippen LogP contribution in [-0.2, 0) is 0 Å². The number of carbonyl (C=O) groups excluding carboxylic acids is 1. The van der Waals surface area contributed by atoms with Gasteiger partial charge in [-0.05, 0) is 36.4 Å². The third-order valence-electron chi connectivity index (χ3n) is 2.14. The summed E-state index contributed by atoms with van der Waals surface area (Å²) in [7, 11) is 0. The number of aromatic carboxylic acids is 1. The third-order valence-corrected chi connectivity index (χ3v) is 2.14. The standard InChI is InChI=1S/C12H8FNO2/c13-10-3-1-8(2-4-10)11-7-9(12(15)16)5-6-14-11/h1-7H,(H,15,16)/p-1. The first-order chi connectivity index (χ1) is 7.66. The molecular weight excluding hydrogens is 209 g/mol. The van der Waals surface area contributed by atoms with Crippen molar-refractivity contribution in [1.82, 2.24) is 4.98 Å². The molecule has 80 valence electrons. The van der Waals surface area contributed by atoms with Crippen molar-refractivity contribution in [3.05, 3.63) is 54.0 Å². The smallest absolute Gasteiger partial charge is 0.123 e. The van der Waals surface area contributed by atoms with E-state index in [1.807, 2.05) is 0 Å². The fourth-order valence-electron chi connectivity index (χ4n) is 1.34. The predicted molar refractivity (Wildman–Crippen MR) is 54.0 cm³/mol. The number of carbonyl (C=O) groups is 1. The lowest BCUT2D eigenvalue weighted by Gasteiger charge is -2.05. The van der Waals surface area contributed by atoms with Gasteiger partial charge in [-0.25, -0.2) is 4.39 Å². The summed E-state index contributed by atoms with van der Waals surface area (Å²) in [5, 5.41) is 10.6. The molecule has 0 aliphatic heterocycles. The highest BCUT2D eigenvalue weighted by molar-refractivity contribution is 5.87. The van der Waals surface area contributed by atoms with Crippen LogP contribution in [0.15, 0.2) is 42.6 Å². The zero-order valence-corrected chi connectivity index (χ0v) is 8.18. The summed E-state index contributed by atoms with van der Waals surface area (Å²) in [5.74, 6) is -1.61. The lowest BCUT2D eigenvalue weighted by atomic mass is 10.1. The molecule has 1 heterocycles. The highest BCUT2D eigenvalue weighted by Gasteiger charge is 2.01. The van der Waals surface area contributed by atoms with E-state index in [1.54, 1.807) is 0 Å². The van der Waals surface area contributed by atoms with Gasteiger partial charge in [0.15, 0.2) is 0 Å². The van der Waals surface area contributed by atoms with Crippen LogP contribution in [0, 0.1) is 5.82 Å². The number of aromatic nitrogens is 1. The van der Waals surface area contributed by atoms with Crippen LogP contribution < -0.4 is 5.11 Å². The van der Waals surface area contributed by atoms with Crippen LogP contribution in [0.3, 0.4) is 0 Å². The van der Waals surface area contributed by atoms with E-state index in [9.17, 15) is 14.3 Å². The number of carboxylic acid groups (broad SMARTS) is 1. The summed E-state index contributed by atoms with van der Waals surface area (Å²) < 4.78 is 12.7. The van der Waals surface area contributed by atoms with Crippen molar-refractivity contribution >= 4 is 5.97 Å². The molecule has 0 N–H and O–H groups in total. The highest BCUT2D eigenvalue weighted by atomic mass is 19.1. The van der Waals surface area contributed by atoms with E-state index < -0.39 is 5.97 Å². The van der Waals surface area contributed by atoms with Gasteiger partial charge in [0.25, 0.3) is 0 Å². The molecule has 2 aromatic rings. The highest BCUT2D eigenvalue weighted by Crippen LogP contribution is 2.17. The number of carboxylic acids is 1. The molecule has 0 saturated carbocycles. The Balaban J connectivity index is 2.44. The third kappa shape index (κ3) is 2.06. The summed E-state index contributed by atoms with van der Waals surface area (Å²) in [6.45, 7) is 0. The molecule has 0 aliphatic carbocycles. The Bertz CT molecular complexity index is 523. The molecule has 0 bridgehead atoms. The number of hydrogen-bond acceptors (Lipinski definition) is 3. The van der Waals surface area contributed by atoms with Crippen LogP contribution in [0.1, 0.15) is 10.4 Å². The van der Waals surface area contributed by atoms with E-state index in [-0.39, 0.29) is 11.4 Å². The SMILES string of the molecule is O=C([O-])c1ccnc(-c2ccc(F)cc2)c1. The number of nitrogens with zero attached hydrogens (tertiary/aromatic N) is 1. The van der Waals surface area contributed by atoms with E-state index in [4.69, 9.17) is 0 Å². The second-order valence-electron chi connectivity index (χ2n) is 3.22. The molecule has 0 saturated heterocycles. The van der Waals surface area contributed by atoms with Gasteiger partial charge in [-0.15, -0.1) is 0 Å². The van der Waals surface area contributed by atoms with E-state index >= 15 is 0 Å². The van der Waals surface area contributed by atoms with Crippen LogP contribution in [0.4, 0.5) is 4.39 Å². The maximum Gasteiger partial charge on any atom is 0.123 e. The van der Waals surface area contributed by atoms with Gasteiger partial charge in [0.1, 0.15) is 5.82 Å². The summed E-state index contributed by atoms with van der Waals surface area (Å²) in [4.78, 5) is 14.6. The van der Waals surface area contributed by atoms with E-state index in [0.29, 0.717) is 11.3 Å². The minimum absolute atomic E-state index is 0.0503. The van der Waals surface area contributed by atoms with Crippen molar-refractivity contribution in [2.24, 2.45) is 0 Å². The zero-order chi connectivity index (χ0) is 11.5. The average molecular weight is 216 g/mol. The Morgan fingerprint density at radius 3 is 2.50 bits per heavy atom. The largest absolute Gasteiger partial charge is 0.545 e. The Labute approximate surface area is 91.2 Å². The van der Waals surface area contributed by atoms with Gasteiger partial charge in [0.05, 0.1) is 11.7 Å². The zero-order valence-electron chi connectivity index (χ0n) is 8.18. The van der Waals surface area contributed by atoms with Gasteiger partial charge in [-0.3, -0.25) is 4.98 Å². The van der Waals surface area contributed by atoms with Crippen molar-refractivity contribution in [3.63, 3.8) is 0 Å². The van der Waals surface area contributed by atoms with Crippen LogP contribution in [0.25, 0.3) is 11.3 Å². The van der Waals surface area contributed by atoms with Gasteiger partial charge < -0.3 is 9.90 Å². The quantitative estimate of drug-likeness (QED) is 0.759. The van der Waals surface area contributed by atoms with E-state index in [0.717, 1.165) is 0 Å².